The van der Waals surface area contributed by atoms with Crippen molar-refractivity contribution in [3.8, 4) is 0 Å². The van der Waals surface area contributed by atoms with E-state index in [9.17, 15) is 19.7 Å². The lowest BCUT2D eigenvalue weighted by Crippen LogP contribution is -2.59. The molecule has 3 rings (SSSR count). The van der Waals surface area contributed by atoms with Gasteiger partial charge in [-0.1, -0.05) is 12.1 Å². The second kappa shape index (κ2) is 4.52. The van der Waals surface area contributed by atoms with E-state index < -0.39 is 24.2 Å². The van der Waals surface area contributed by atoms with E-state index in [0.717, 1.165) is 12.8 Å². The molecule has 2 aliphatic rings. The van der Waals surface area contributed by atoms with Gasteiger partial charge in [-0.3, -0.25) is 0 Å². The van der Waals surface area contributed by atoms with Crippen molar-refractivity contribution in [3.63, 3.8) is 0 Å². The van der Waals surface area contributed by atoms with E-state index >= 15 is 0 Å². The Balaban J connectivity index is 1.88. The van der Waals surface area contributed by atoms with Crippen LogP contribution >= 0.6 is 0 Å². The van der Waals surface area contributed by atoms with Crippen LogP contribution in [0, 0.1) is 11.7 Å². The van der Waals surface area contributed by atoms with Gasteiger partial charge in [-0.25, -0.2) is 4.39 Å². The fourth-order valence-corrected chi connectivity index (χ4v) is 3.11. The average molecular weight is 267 g/mol. The van der Waals surface area contributed by atoms with Crippen molar-refractivity contribution in [1.29, 1.82) is 0 Å². The third-order valence-corrected chi connectivity index (χ3v) is 4.40. The summed E-state index contributed by atoms with van der Waals surface area (Å²) in [6.07, 6.45) is -1.02. The molecule has 0 bridgehead atoms. The predicted molar refractivity (Wildman–Crippen MR) is 66.8 cm³/mol. The van der Waals surface area contributed by atoms with Crippen molar-refractivity contribution in [2.24, 2.45) is 5.92 Å². The van der Waals surface area contributed by atoms with Crippen molar-refractivity contribution in [3.05, 3.63) is 35.6 Å². The van der Waals surface area contributed by atoms with Crippen LogP contribution in [0.3, 0.4) is 0 Å². The van der Waals surface area contributed by atoms with Gasteiger partial charge in [0.15, 0.2) is 0 Å². The van der Waals surface area contributed by atoms with E-state index in [1.807, 2.05) is 0 Å². The van der Waals surface area contributed by atoms with Gasteiger partial charge >= 0.3 is 0 Å². The lowest BCUT2D eigenvalue weighted by molar-refractivity contribution is -0.0989. The number of hydrogen-bond acceptors (Lipinski definition) is 4. The van der Waals surface area contributed by atoms with Crippen LogP contribution in [-0.2, 0) is 0 Å². The Bertz CT molecular complexity index is 460. The Morgan fingerprint density at radius 1 is 1.21 bits per heavy atom. The number of nitrogens with one attached hydrogen (secondary N) is 1. The summed E-state index contributed by atoms with van der Waals surface area (Å²) in [4.78, 5) is 0. The fraction of sp³-hybridized carbons (Fsp3) is 0.571. The Kier molecular flexibility index (Phi) is 3.09. The molecule has 5 heteroatoms. The molecular weight excluding hydrogens is 249 g/mol. The van der Waals surface area contributed by atoms with E-state index in [4.69, 9.17) is 0 Å². The van der Waals surface area contributed by atoms with Gasteiger partial charge in [0.05, 0.1) is 18.3 Å². The Morgan fingerprint density at radius 3 is 2.42 bits per heavy atom. The maximum absolute atomic E-state index is 12.9. The highest BCUT2D eigenvalue weighted by Crippen LogP contribution is 2.51. The highest BCUT2D eigenvalue weighted by Gasteiger charge is 2.58. The summed E-state index contributed by atoms with van der Waals surface area (Å²) in [7, 11) is 0. The van der Waals surface area contributed by atoms with Crippen molar-refractivity contribution in [2.75, 3.05) is 6.54 Å². The molecular formula is C14H18FNO3. The van der Waals surface area contributed by atoms with Crippen molar-refractivity contribution in [2.45, 2.75) is 36.7 Å². The van der Waals surface area contributed by atoms with Gasteiger partial charge in [0.2, 0.25) is 0 Å². The van der Waals surface area contributed by atoms with Crippen LogP contribution in [0.15, 0.2) is 24.3 Å². The molecule has 4 N–H and O–H groups in total. The summed E-state index contributed by atoms with van der Waals surface area (Å²) < 4.78 is 12.9. The first-order valence-electron chi connectivity index (χ1n) is 6.58. The third-order valence-electron chi connectivity index (χ3n) is 4.40. The van der Waals surface area contributed by atoms with Gasteiger partial charge in [-0.2, -0.15) is 0 Å². The highest BCUT2D eigenvalue weighted by molar-refractivity contribution is 5.24. The van der Waals surface area contributed by atoms with Crippen LogP contribution in [0.4, 0.5) is 4.39 Å². The molecule has 1 spiro atoms. The van der Waals surface area contributed by atoms with Gasteiger partial charge < -0.3 is 20.6 Å². The molecule has 104 valence electrons. The van der Waals surface area contributed by atoms with E-state index in [1.165, 1.54) is 24.3 Å². The van der Waals surface area contributed by atoms with Gasteiger partial charge in [0.25, 0.3) is 0 Å². The van der Waals surface area contributed by atoms with Crippen molar-refractivity contribution < 1.29 is 19.7 Å². The van der Waals surface area contributed by atoms with Gasteiger partial charge in [-0.15, -0.1) is 0 Å². The van der Waals surface area contributed by atoms with Crippen LogP contribution in [0.1, 0.15) is 24.5 Å². The molecule has 1 aromatic rings. The summed E-state index contributed by atoms with van der Waals surface area (Å²) in [5.74, 6) is -0.832. The standard InChI is InChI=1S/C14H18FNO3/c15-9-3-1-8(2-4-9)12(18)11-13(19)10(17)7-16-14(11)5-6-14/h1-4,10-13,16-19H,5-7H2/t10-,11-,12?,13+/m1/s1. The lowest BCUT2D eigenvalue weighted by atomic mass is 9.78. The number of hydrogen-bond donors (Lipinski definition) is 4. The zero-order chi connectivity index (χ0) is 13.6. The van der Waals surface area contributed by atoms with E-state index in [2.05, 4.69) is 5.32 Å². The second-order valence-corrected chi connectivity index (χ2v) is 5.62. The number of aliphatic hydroxyl groups is 3. The first-order valence-corrected chi connectivity index (χ1v) is 6.58. The first kappa shape index (κ1) is 13.0. The Labute approximate surface area is 110 Å². The van der Waals surface area contributed by atoms with Crippen molar-refractivity contribution in [1.82, 2.24) is 5.32 Å². The molecule has 1 aromatic carbocycles. The number of halogens is 1. The topological polar surface area (TPSA) is 72.7 Å². The lowest BCUT2D eigenvalue weighted by Gasteiger charge is -2.42. The zero-order valence-electron chi connectivity index (χ0n) is 10.5. The number of benzene rings is 1. The molecule has 2 fully saturated rings. The van der Waals surface area contributed by atoms with Crippen LogP contribution in [0.2, 0.25) is 0 Å². The molecule has 19 heavy (non-hydrogen) atoms. The van der Waals surface area contributed by atoms with Crippen LogP contribution < -0.4 is 5.32 Å². The third kappa shape index (κ3) is 2.17. The zero-order valence-corrected chi connectivity index (χ0v) is 10.5. The molecule has 0 radical (unpaired) electrons. The molecule has 0 aromatic heterocycles. The monoisotopic (exact) mass is 267 g/mol. The van der Waals surface area contributed by atoms with Crippen LogP contribution in [0.25, 0.3) is 0 Å². The summed E-state index contributed by atoms with van der Waals surface area (Å²) >= 11 is 0. The molecule has 1 heterocycles. The molecule has 1 saturated heterocycles. The number of rotatable bonds is 2. The fourth-order valence-electron chi connectivity index (χ4n) is 3.11. The maximum Gasteiger partial charge on any atom is 0.123 e. The number of aliphatic hydroxyl groups excluding tert-OH is 3. The van der Waals surface area contributed by atoms with Crippen molar-refractivity contribution >= 4 is 0 Å². The van der Waals surface area contributed by atoms with Crippen LogP contribution in [0.5, 0.6) is 0 Å². The smallest absolute Gasteiger partial charge is 0.123 e. The quantitative estimate of drug-likeness (QED) is 0.623. The molecule has 0 amide bonds. The minimum Gasteiger partial charge on any atom is -0.390 e. The molecule has 4 atom stereocenters. The molecule has 4 nitrogen and oxygen atoms in total. The molecule has 1 aliphatic heterocycles. The normalized spacial score (nSPS) is 34.2. The maximum atomic E-state index is 12.9. The van der Waals surface area contributed by atoms with Gasteiger partial charge in [0.1, 0.15) is 5.82 Å². The first-order chi connectivity index (χ1) is 9.03. The van der Waals surface area contributed by atoms with Crippen LogP contribution in [-0.4, -0.2) is 39.6 Å². The van der Waals surface area contributed by atoms with E-state index in [1.54, 1.807) is 0 Å². The Morgan fingerprint density at radius 2 is 1.84 bits per heavy atom. The number of piperidine rings is 1. The van der Waals surface area contributed by atoms with E-state index in [-0.39, 0.29) is 11.4 Å². The van der Waals surface area contributed by atoms with E-state index in [0.29, 0.717) is 12.1 Å². The summed E-state index contributed by atoms with van der Waals surface area (Å²) in [5, 5.41) is 33.6. The molecule has 1 aliphatic carbocycles. The highest BCUT2D eigenvalue weighted by atomic mass is 19.1. The predicted octanol–water partition coefficient (Wildman–Crippen LogP) is 0.333. The Hall–Kier alpha value is -1.01. The second-order valence-electron chi connectivity index (χ2n) is 5.62. The minimum absolute atomic E-state index is 0.285. The molecule has 1 saturated carbocycles. The summed E-state index contributed by atoms with van der Waals surface area (Å²) in [5.41, 5.74) is 0.277. The largest absolute Gasteiger partial charge is 0.390 e. The SMILES string of the molecule is OC(c1ccc(F)cc1)[C@@H]1[C@@H](O)[C@H](O)CNC12CC2. The average Bonchev–Trinajstić information content (AvgIpc) is 3.16. The molecule has 1 unspecified atom stereocenters. The summed E-state index contributed by atoms with van der Waals surface area (Å²) in [6, 6.07) is 5.61. The summed E-state index contributed by atoms with van der Waals surface area (Å²) in [6.45, 7) is 0.341. The van der Waals surface area contributed by atoms with Gasteiger partial charge in [-0.05, 0) is 30.5 Å². The van der Waals surface area contributed by atoms with Gasteiger partial charge in [0, 0.05) is 18.0 Å². The number of β-amino-alcohol motifs (C(OH)–C–C–N with tert-alkyl or cyclic N) is 1. The minimum atomic E-state index is -0.969.